The van der Waals surface area contributed by atoms with Gasteiger partial charge < -0.3 is 14.6 Å². The van der Waals surface area contributed by atoms with Crippen LogP contribution in [0.3, 0.4) is 0 Å². The highest BCUT2D eigenvalue weighted by molar-refractivity contribution is 7.89. The molecule has 0 saturated carbocycles. The van der Waals surface area contributed by atoms with Crippen molar-refractivity contribution >= 4 is 15.9 Å². The van der Waals surface area contributed by atoms with Crippen molar-refractivity contribution in [2.75, 3.05) is 19.8 Å². The first kappa shape index (κ1) is 16.7. The van der Waals surface area contributed by atoms with Crippen LogP contribution in [-0.2, 0) is 21.8 Å². The molecule has 0 aromatic carbocycles. The van der Waals surface area contributed by atoms with E-state index in [1.807, 2.05) is 0 Å². The minimum Gasteiger partial charge on any atom is -0.380 e. The molecule has 3 N–H and O–H groups in total. The maximum atomic E-state index is 11.9. The third-order valence-electron chi connectivity index (χ3n) is 2.72. The Morgan fingerprint density at radius 1 is 1.45 bits per heavy atom. The third kappa shape index (κ3) is 4.95. The maximum Gasteiger partial charge on any atom is 0.268 e. The number of unbranched alkanes of at least 4 members (excludes halogenated alkanes) is 1. The number of carbonyl (C=O) groups is 1. The van der Waals surface area contributed by atoms with Crippen LogP contribution in [0.2, 0.25) is 0 Å². The summed E-state index contributed by atoms with van der Waals surface area (Å²) in [7, 11) is -2.21. The number of hydrogen-bond donors (Lipinski definition) is 2. The molecule has 1 heterocycles. The first-order chi connectivity index (χ1) is 9.36. The quantitative estimate of drug-likeness (QED) is 0.670. The molecular formula is C12H21N3O4S. The summed E-state index contributed by atoms with van der Waals surface area (Å²) in [4.78, 5) is 11.8. The molecule has 0 atom stereocenters. The van der Waals surface area contributed by atoms with Gasteiger partial charge in [-0.2, -0.15) is 0 Å². The van der Waals surface area contributed by atoms with Crippen molar-refractivity contribution in [3.8, 4) is 0 Å². The van der Waals surface area contributed by atoms with Gasteiger partial charge in [-0.3, -0.25) is 4.79 Å². The van der Waals surface area contributed by atoms with Crippen LogP contribution in [0.5, 0.6) is 0 Å². The van der Waals surface area contributed by atoms with Crippen molar-refractivity contribution in [2.45, 2.75) is 24.7 Å². The number of aryl methyl sites for hydroxylation is 1. The molecule has 0 bridgehead atoms. The average molecular weight is 303 g/mol. The molecular weight excluding hydrogens is 282 g/mol. The monoisotopic (exact) mass is 303 g/mol. The highest BCUT2D eigenvalue weighted by atomic mass is 32.2. The second-order valence-corrected chi connectivity index (χ2v) is 6.00. The van der Waals surface area contributed by atoms with E-state index in [1.54, 1.807) is 7.05 Å². The fraction of sp³-hybridized carbons (Fsp3) is 0.583. The van der Waals surface area contributed by atoms with E-state index in [1.165, 1.54) is 16.8 Å². The van der Waals surface area contributed by atoms with Gasteiger partial charge in [-0.1, -0.05) is 13.3 Å². The number of nitrogens with zero attached hydrogens (tertiary/aromatic N) is 1. The van der Waals surface area contributed by atoms with Gasteiger partial charge in [0.15, 0.2) is 0 Å². The fourth-order valence-corrected chi connectivity index (χ4v) is 2.17. The van der Waals surface area contributed by atoms with Crippen molar-refractivity contribution < 1.29 is 17.9 Å². The zero-order chi connectivity index (χ0) is 15.2. The van der Waals surface area contributed by atoms with Crippen LogP contribution in [-0.4, -0.2) is 38.7 Å². The molecule has 0 aliphatic heterocycles. The molecule has 0 fully saturated rings. The van der Waals surface area contributed by atoms with Gasteiger partial charge >= 0.3 is 0 Å². The van der Waals surface area contributed by atoms with Crippen molar-refractivity contribution in [3.05, 3.63) is 18.0 Å². The van der Waals surface area contributed by atoms with Gasteiger partial charge in [0.2, 0.25) is 10.0 Å². The highest BCUT2D eigenvalue weighted by Gasteiger charge is 2.16. The summed E-state index contributed by atoms with van der Waals surface area (Å²) in [5, 5.41) is 7.68. The Hall–Kier alpha value is -1.38. The molecule has 0 saturated heterocycles. The molecule has 20 heavy (non-hydrogen) atoms. The Labute approximate surface area is 119 Å². The van der Waals surface area contributed by atoms with E-state index < -0.39 is 10.0 Å². The Bertz CT molecular complexity index is 551. The lowest BCUT2D eigenvalue weighted by Crippen LogP contribution is -2.28. The second-order valence-electron chi connectivity index (χ2n) is 4.44. The Morgan fingerprint density at radius 3 is 2.70 bits per heavy atom. The van der Waals surface area contributed by atoms with Crippen molar-refractivity contribution in [2.24, 2.45) is 12.2 Å². The van der Waals surface area contributed by atoms with Crippen molar-refractivity contribution in [3.63, 3.8) is 0 Å². The smallest absolute Gasteiger partial charge is 0.268 e. The lowest BCUT2D eigenvalue weighted by atomic mass is 10.4. The Morgan fingerprint density at radius 2 is 2.15 bits per heavy atom. The standard InChI is InChI=1S/C12H21N3O4S/c1-3-4-6-19-7-5-14-12(16)11-8-10(9-15(11)2)20(13,17)18/h8-9H,3-7H2,1-2H3,(H,14,16)(H2,13,17,18). The predicted octanol–water partition coefficient (Wildman–Crippen LogP) is 0.219. The first-order valence-corrected chi connectivity index (χ1v) is 7.96. The SMILES string of the molecule is CCCCOCCNC(=O)c1cc(S(N)(=O)=O)cn1C. The summed E-state index contributed by atoms with van der Waals surface area (Å²) < 4.78 is 29.1. The van der Waals surface area contributed by atoms with E-state index in [0.717, 1.165) is 12.8 Å². The number of primary sulfonamides is 1. The van der Waals surface area contributed by atoms with Gasteiger partial charge in [0.1, 0.15) is 10.6 Å². The van der Waals surface area contributed by atoms with Crippen LogP contribution in [0.15, 0.2) is 17.2 Å². The van der Waals surface area contributed by atoms with E-state index >= 15 is 0 Å². The molecule has 114 valence electrons. The van der Waals surface area contributed by atoms with E-state index in [-0.39, 0.29) is 16.5 Å². The fourth-order valence-electron chi connectivity index (χ4n) is 1.59. The second kappa shape index (κ2) is 7.41. The molecule has 0 aliphatic rings. The maximum absolute atomic E-state index is 11.9. The van der Waals surface area contributed by atoms with Crippen LogP contribution in [0.25, 0.3) is 0 Å². The van der Waals surface area contributed by atoms with E-state index in [0.29, 0.717) is 19.8 Å². The summed E-state index contributed by atoms with van der Waals surface area (Å²) in [6.07, 6.45) is 3.36. The molecule has 0 spiro atoms. The lowest BCUT2D eigenvalue weighted by Gasteiger charge is -2.06. The van der Waals surface area contributed by atoms with E-state index in [2.05, 4.69) is 12.2 Å². The lowest BCUT2D eigenvalue weighted by molar-refractivity contribution is 0.0905. The average Bonchev–Trinajstić information content (AvgIpc) is 2.75. The van der Waals surface area contributed by atoms with Gasteiger partial charge in [-0.15, -0.1) is 0 Å². The van der Waals surface area contributed by atoms with Gasteiger partial charge in [0, 0.05) is 26.4 Å². The molecule has 0 unspecified atom stereocenters. The van der Waals surface area contributed by atoms with Crippen molar-refractivity contribution in [1.82, 2.24) is 9.88 Å². The molecule has 7 nitrogen and oxygen atoms in total. The van der Waals surface area contributed by atoms with Crippen LogP contribution in [0, 0.1) is 0 Å². The topological polar surface area (TPSA) is 103 Å². The summed E-state index contributed by atoms with van der Waals surface area (Å²) in [6, 6.07) is 1.25. The molecule has 1 amide bonds. The summed E-state index contributed by atoms with van der Waals surface area (Å²) in [5.74, 6) is -0.360. The largest absolute Gasteiger partial charge is 0.380 e. The van der Waals surface area contributed by atoms with Crippen LogP contribution < -0.4 is 10.5 Å². The summed E-state index contributed by atoms with van der Waals surface area (Å²) in [6.45, 7) is 3.55. The van der Waals surface area contributed by atoms with Gasteiger partial charge in [0.25, 0.3) is 5.91 Å². The molecule has 1 aromatic rings. The van der Waals surface area contributed by atoms with Gasteiger partial charge in [-0.25, -0.2) is 13.6 Å². The molecule has 0 aliphatic carbocycles. The third-order valence-corrected chi connectivity index (χ3v) is 3.60. The van der Waals surface area contributed by atoms with Gasteiger partial charge in [-0.05, 0) is 12.5 Å². The molecule has 1 aromatic heterocycles. The van der Waals surface area contributed by atoms with Crippen molar-refractivity contribution in [1.29, 1.82) is 0 Å². The number of nitrogens with two attached hydrogens (primary N) is 1. The number of rotatable bonds is 8. The number of sulfonamides is 1. The zero-order valence-electron chi connectivity index (χ0n) is 11.8. The minimum absolute atomic E-state index is 0.0793. The normalized spacial score (nSPS) is 11.6. The van der Waals surface area contributed by atoms with Gasteiger partial charge in [0.05, 0.1) is 6.61 Å². The number of ether oxygens (including phenoxy) is 1. The summed E-state index contributed by atoms with van der Waals surface area (Å²) >= 11 is 0. The number of amides is 1. The number of aromatic nitrogens is 1. The number of hydrogen-bond acceptors (Lipinski definition) is 4. The molecule has 8 heteroatoms. The highest BCUT2D eigenvalue weighted by Crippen LogP contribution is 2.11. The zero-order valence-corrected chi connectivity index (χ0v) is 12.6. The minimum atomic E-state index is -3.80. The Balaban J connectivity index is 2.50. The van der Waals surface area contributed by atoms with Crippen LogP contribution in [0.1, 0.15) is 30.3 Å². The summed E-state index contributed by atoms with van der Waals surface area (Å²) in [5.41, 5.74) is 0.239. The van der Waals surface area contributed by atoms with Crippen LogP contribution in [0.4, 0.5) is 0 Å². The number of carbonyl (C=O) groups excluding carboxylic acids is 1. The van der Waals surface area contributed by atoms with Crippen LogP contribution >= 0.6 is 0 Å². The molecule has 1 rings (SSSR count). The van der Waals surface area contributed by atoms with E-state index in [9.17, 15) is 13.2 Å². The Kier molecular flexibility index (Phi) is 6.18. The first-order valence-electron chi connectivity index (χ1n) is 6.41. The number of nitrogens with one attached hydrogen (secondary N) is 1. The van der Waals surface area contributed by atoms with E-state index in [4.69, 9.17) is 9.88 Å². The molecule has 0 radical (unpaired) electrons. The predicted molar refractivity (Wildman–Crippen MR) is 74.8 cm³/mol.